The first-order valence-corrected chi connectivity index (χ1v) is 13.8. The number of amides is 1. The molecule has 10 nitrogen and oxygen atoms in total. The number of piperazine rings is 1. The molecule has 202 valence electrons. The van der Waals surface area contributed by atoms with Gasteiger partial charge in [0.1, 0.15) is 12.4 Å². The first-order chi connectivity index (χ1) is 18.5. The van der Waals surface area contributed by atoms with Crippen LogP contribution in [0.25, 0.3) is 0 Å². The van der Waals surface area contributed by atoms with E-state index in [4.69, 9.17) is 14.7 Å². The minimum absolute atomic E-state index is 0.0149. The highest BCUT2D eigenvalue weighted by Gasteiger charge is 2.33. The van der Waals surface area contributed by atoms with Crippen LogP contribution >= 0.6 is 0 Å². The molecule has 0 spiro atoms. The van der Waals surface area contributed by atoms with Crippen LogP contribution in [-0.2, 0) is 24.3 Å². The number of aromatic nitrogens is 3. The molecule has 2 aromatic heterocycles. The Hall–Kier alpha value is -3.40. The predicted octanol–water partition coefficient (Wildman–Crippen LogP) is 2.08. The van der Waals surface area contributed by atoms with Gasteiger partial charge in [-0.1, -0.05) is 6.58 Å². The number of rotatable bonds is 6. The fraction of sp³-hybridized carbons (Fsp3) is 0.571. The fourth-order valence-electron chi connectivity index (χ4n) is 6.30. The highest BCUT2D eigenvalue weighted by Crippen LogP contribution is 2.40. The third-order valence-electron chi connectivity index (χ3n) is 8.52. The van der Waals surface area contributed by atoms with Crippen LogP contribution in [0.15, 0.2) is 25.0 Å². The fourth-order valence-corrected chi connectivity index (χ4v) is 6.30. The van der Waals surface area contributed by atoms with Crippen LogP contribution in [0.5, 0.6) is 6.01 Å². The van der Waals surface area contributed by atoms with Gasteiger partial charge in [0.05, 0.1) is 29.8 Å². The normalized spacial score (nSPS) is 21.5. The van der Waals surface area contributed by atoms with Gasteiger partial charge in [0.2, 0.25) is 5.91 Å². The van der Waals surface area contributed by atoms with Crippen LogP contribution in [-0.4, -0.2) is 96.7 Å². The number of carbonyl (C=O) groups excluding carboxylic acids is 1. The molecule has 1 atom stereocenters. The number of fused-ring (bicyclic) bond motifs is 2. The molecule has 6 rings (SSSR count). The molecule has 0 saturated carbocycles. The van der Waals surface area contributed by atoms with Crippen molar-refractivity contribution < 1.29 is 9.53 Å². The molecule has 38 heavy (non-hydrogen) atoms. The summed E-state index contributed by atoms with van der Waals surface area (Å²) in [6, 6.07) is 0.855. The summed E-state index contributed by atoms with van der Waals surface area (Å²) in [7, 11) is 4.33. The molecule has 0 aromatic carbocycles. The maximum atomic E-state index is 12.2. The van der Waals surface area contributed by atoms with Crippen LogP contribution in [0.4, 0.5) is 17.2 Å². The van der Waals surface area contributed by atoms with Gasteiger partial charge in [-0.2, -0.15) is 9.97 Å². The van der Waals surface area contributed by atoms with Crippen molar-refractivity contribution in [2.24, 2.45) is 0 Å². The Balaban J connectivity index is 1.29. The van der Waals surface area contributed by atoms with Gasteiger partial charge < -0.3 is 29.2 Å². The largest absolute Gasteiger partial charge is 0.462 e. The van der Waals surface area contributed by atoms with Crippen molar-refractivity contribution in [3.63, 3.8) is 0 Å². The molecule has 0 N–H and O–H groups in total. The molecule has 0 bridgehead atoms. The predicted molar refractivity (Wildman–Crippen MR) is 148 cm³/mol. The molecular formula is C28H38N8O2. The maximum Gasteiger partial charge on any atom is 0.318 e. The van der Waals surface area contributed by atoms with Crippen molar-refractivity contribution in [1.29, 1.82) is 0 Å². The number of ether oxygens (including phenoxy) is 1. The van der Waals surface area contributed by atoms with Crippen molar-refractivity contribution in [2.75, 3.05) is 74.7 Å². The van der Waals surface area contributed by atoms with E-state index in [0.29, 0.717) is 38.3 Å². The lowest BCUT2D eigenvalue weighted by molar-refractivity contribution is -0.126. The summed E-state index contributed by atoms with van der Waals surface area (Å²) in [5.41, 5.74) is 5.92. The van der Waals surface area contributed by atoms with Crippen molar-refractivity contribution >= 4 is 23.1 Å². The van der Waals surface area contributed by atoms with Crippen LogP contribution < -0.4 is 19.4 Å². The summed E-state index contributed by atoms with van der Waals surface area (Å²) < 4.78 is 6.23. The van der Waals surface area contributed by atoms with Crippen molar-refractivity contribution in [3.05, 3.63) is 41.9 Å². The van der Waals surface area contributed by atoms with Crippen LogP contribution in [0.3, 0.4) is 0 Å². The lowest BCUT2D eigenvalue weighted by Gasteiger charge is -2.36. The minimum Gasteiger partial charge on any atom is -0.462 e. The number of nitrogens with zero attached hydrogens (tertiary/aromatic N) is 8. The topological polar surface area (TPSA) is 81.2 Å². The average molecular weight is 519 g/mol. The standard InChI is InChI=1S/C28H38N8O2/c1-4-25(37)34-11-13-35(14-12-34)27-22-17-36(24-16-29-15-20-7-5-10-33(3)26(20)24)18-23(22)30-28(31-27)38-19-21-8-6-9-32(21)2/h4,15-16,21H,1,5-14,17-19H2,2-3H3/t21-/m0/s1. The van der Waals surface area contributed by atoms with E-state index in [1.54, 1.807) is 0 Å². The molecule has 10 heteroatoms. The molecular weight excluding hydrogens is 480 g/mol. The van der Waals surface area contributed by atoms with E-state index in [0.717, 1.165) is 74.7 Å². The van der Waals surface area contributed by atoms with Gasteiger partial charge in [-0.05, 0) is 50.9 Å². The lowest BCUT2D eigenvalue weighted by atomic mass is 10.0. The number of carbonyl (C=O) groups is 1. The van der Waals surface area contributed by atoms with E-state index in [1.807, 2.05) is 17.3 Å². The smallest absolute Gasteiger partial charge is 0.318 e. The third kappa shape index (κ3) is 4.66. The molecule has 1 amide bonds. The summed E-state index contributed by atoms with van der Waals surface area (Å²) in [6.45, 7) is 10.6. The second-order valence-corrected chi connectivity index (χ2v) is 10.9. The Morgan fingerprint density at radius 1 is 1.05 bits per heavy atom. The highest BCUT2D eigenvalue weighted by atomic mass is 16.5. The summed E-state index contributed by atoms with van der Waals surface area (Å²) in [4.78, 5) is 37.9. The molecule has 2 aromatic rings. The van der Waals surface area contributed by atoms with Crippen LogP contribution in [0.2, 0.25) is 0 Å². The first-order valence-electron chi connectivity index (χ1n) is 13.8. The number of hydrogen-bond acceptors (Lipinski definition) is 9. The summed E-state index contributed by atoms with van der Waals surface area (Å²) in [5, 5.41) is 0. The van der Waals surface area contributed by atoms with Crippen molar-refractivity contribution in [2.45, 2.75) is 44.8 Å². The van der Waals surface area contributed by atoms with E-state index in [9.17, 15) is 4.79 Å². The zero-order valence-corrected chi connectivity index (χ0v) is 22.6. The Kier molecular flexibility index (Phi) is 6.82. The summed E-state index contributed by atoms with van der Waals surface area (Å²) in [6.07, 6.45) is 9.96. The maximum absolute atomic E-state index is 12.2. The quantitative estimate of drug-likeness (QED) is 0.534. The highest BCUT2D eigenvalue weighted by molar-refractivity contribution is 5.87. The second-order valence-electron chi connectivity index (χ2n) is 10.9. The SMILES string of the molecule is C=CC(=O)N1CCN(c2nc(OC[C@@H]3CCCN3C)nc3c2CN(c2cncc4c2N(C)CCC4)C3)CC1. The van der Waals surface area contributed by atoms with Gasteiger partial charge in [0.15, 0.2) is 0 Å². The monoisotopic (exact) mass is 518 g/mol. The van der Waals surface area contributed by atoms with E-state index in [1.165, 1.54) is 23.7 Å². The minimum atomic E-state index is -0.0149. The van der Waals surface area contributed by atoms with Gasteiger partial charge in [0.25, 0.3) is 0 Å². The van der Waals surface area contributed by atoms with Gasteiger partial charge >= 0.3 is 6.01 Å². The Morgan fingerprint density at radius 2 is 1.89 bits per heavy atom. The van der Waals surface area contributed by atoms with E-state index in [-0.39, 0.29) is 5.91 Å². The summed E-state index contributed by atoms with van der Waals surface area (Å²) >= 11 is 0. The molecule has 4 aliphatic rings. The van der Waals surface area contributed by atoms with Crippen LogP contribution in [0.1, 0.15) is 36.1 Å². The Labute approximate surface area is 224 Å². The van der Waals surface area contributed by atoms with E-state index >= 15 is 0 Å². The second kappa shape index (κ2) is 10.4. The first kappa shape index (κ1) is 24.9. The lowest BCUT2D eigenvalue weighted by Crippen LogP contribution is -2.48. The molecule has 2 saturated heterocycles. The molecule has 6 heterocycles. The van der Waals surface area contributed by atoms with Gasteiger partial charge in [-0.3, -0.25) is 9.78 Å². The van der Waals surface area contributed by atoms with E-state index < -0.39 is 0 Å². The average Bonchev–Trinajstić information content (AvgIpc) is 3.56. The molecule has 2 fully saturated rings. The van der Waals surface area contributed by atoms with Crippen molar-refractivity contribution in [1.82, 2.24) is 24.8 Å². The number of likely N-dealkylation sites (N-methyl/N-ethyl adjacent to an activating group) is 1. The number of likely N-dealkylation sites (tertiary alicyclic amines) is 1. The van der Waals surface area contributed by atoms with E-state index in [2.05, 4.69) is 45.3 Å². The molecule has 4 aliphatic heterocycles. The number of hydrogen-bond donors (Lipinski definition) is 0. The number of aryl methyl sites for hydroxylation is 1. The third-order valence-corrected chi connectivity index (χ3v) is 8.52. The molecule has 0 unspecified atom stereocenters. The van der Waals surface area contributed by atoms with Gasteiger partial charge in [-0.15, -0.1) is 0 Å². The number of anilines is 3. The Morgan fingerprint density at radius 3 is 2.66 bits per heavy atom. The van der Waals surface area contributed by atoms with Crippen LogP contribution in [0, 0.1) is 0 Å². The Bertz CT molecular complexity index is 1210. The van der Waals surface area contributed by atoms with Crippen molar-refractivity contribution in [3.8, 4) is 6.01 Å². The molecule has 0 aliphatic carbocycles. The molecule has 0 radical (unpaired) electrons. The summed E-state index contributed by atoms with van der Waals surface area (Å²) in [5.74, 6) is 0.919. The van der Waals surface area contributed by atoms with Gasteiger partial charge in [0, 0.05) is 64.1 Å². The zero-order valence-electron chi connectivity index (χ0n) is 22.6. The van der Waals surface area contributed by atoms with Gasteiger partial charge in [-0.25, -0.2) is 0 Å². The zero-order chi connectivity index (χ0) is 26.2. The number of pyridine rings is 1.